The summed E-state index contributed by atoms with van der Waals surface area (Å²) >= 11 is 0. The lowest BCUT2D eigenvalue weighted by Gasteiger charge is -2.68. The fourth-order valence-corrected chi connectivity index (χ4v) is 13.8. The molecule has 0 heterocycles. The van der Waals surface area contributed by atoms with E-state index in [2.05, 4.69) is 38.5 Å². The van der Waals surface area contributed by atoms with Gasteiger partial charge in [-0.2, -0.15) is 0 Å². The Labute approximate surface area is 285 Å². The Morgan fingerprint density at radius 1 is 0.750 bits per heavy atom. The van der Waals surface area contributed by atoms with Crippen LogP contribution >= 0.6 is 0 Å². The fourth-order valence-electron chi connectivity index (χ4n) is 12.7. The lowest BCUT2D eigenvalue weighted by molar-refractivity contribution is -0.177. The summed E-state index contributed by atoms with van der Waals surface area (Å²) in [7, 11) is -3.74. The van der Waals surface area contributed by atoms with E-state index in [1.165, 1.54) is 61.9 Å². The topological polar surface area (TPSA) is 121 Å². The molecule has 7 nitrogen and oxygen atoms in total. The van der Waals surface area contributed by atoms with Crippen LogP contribution in [-0.4, -0.2) is 37.1 Å². The second-order valence-electron chi connectivity index (χ2n) is 17.0. The van der Waals surface area contributed by atoms with E-state index < -0.39 is 22.0 Å². The highest BCUT2D eigenvalue weighted by atomic mass is 32.2. The summed E-state index contributed by atoms with van der Waals surface area (Å²) in [6, 6.07) is 12.9. The molecule has 0 aromatic heterocycles. The number of hydrogen-bond donors (Lipinski definition) is 3. The Morgan fingerprint density at radius 2 is 1.40 bits per heavy atom. The SMILES string of the molecule is CC1(C)C(c2ccc(C(=O)O)cc2)=CCC2(C)C1CCC1(C)C3CCC4(CNS(=O)(=O)c5ccc(C(=O)O)cc5)CCC[C@@H]4C3CCC12. The van der Waals surface area contributed by atoms with Crippen LogP contribution in [0.4, 0.5) is 0 Å². The molecule has 4 fully saturated rings. The summed E-state index contributed by atoms with van der Waals surface area (Å²) in [5, 5.41) is 18.7. The van der Waals surface area contributed by atoms with E-state index in [9.17, 15) is 28.2 Å². The molecule has 8 atom stereocenters. The quantitative estimate of drug-likeness (QED) is 0.271. The molecule has 0 aliphatic heterocycles. The average molecular weight is 674 g/mol. The molecule has 5 aliphatic carbocycles. The molecule has 5 aliphatic rings. The predicted octanol–water partition coefficient (Wildman–Crippen LogP) is 8.52. The van der Waals surface area contributed by atoms with Crippen LogP contribution < -0.4 is 4.72 Å². The van der Waals surface area contributed by atoms with Crippen LogP contribution in [0.25, 0.3) is 5.57 Å². The standard InChI is InChI=1S/C40H51NO6S/c1-37(2)30(25-7-9-26(10-8-25)35(42)43)17-21-39(4)33(37)19-22-38(3)31-18-23-40(20-5-6-32(40)29(31)15-16-34(38)39)24-41-48(46,47)28-13-11-27(12-14-28)36(44)45/h7-14,17,29,31-34,41H,5-6,15-16,18-24H2,1-4H3,(H,42,43)(H,44,45)/t29?,31?,32-,33?,34?,38?,39?,40?/m1/s1. The van der Waals surface area contributed by atoms with Crippen molar-refractivity contribution < 1.29 is 28.2 Å². The van der Waals surface area contributed by atoms with E-state index in [0.717, 1.165) is 37.7 Å². The van der Waals surface area contributed by atoms with Crippen LogP contribution in [0.1, 0.15) is 118 Å². The van der Waals surface area contributed by atoms with E-state index in [4.69, 9.17) is 0 Å². The summed E-state index contributed by atoms with van der Waals surface area (Å²) < 4.78 is 29.7. The van der Waals surface area contributed by atoms with Crippen LogP contribution in [0.5, 0.6) is 0 Å². The van der Waals surface area contributed by atoms with Gasteiger partial charge in [0, 0.05) is 6.54 Å². The lowest BCUT2D eigenvalue weighted by atomic mass is 9.36. The minimum atomic E-state index is -3.74. The number of benzene rings is 2. The van der Waals surface area contributed by atoms with Gasteiger partial charge in [0.1, 0.15) is 0 Å². The van der Waals surface area contributed by atoms with Gasteiger partial charge in [0.2, 0.25) is 10.0 Å². The molecule has 0 amide bonds. The summed E-state index contributed by atoms with van der Waals surface area (Å²) in [5.41, 5.74) is 3.32. The monoisotopic (exact) mass is 673 g/mol. The Balaban J connectivity index is 1.10. The molecule has 7 rings (SSSR count). The van der Waals surface area contributed by atoms with Crippen molar-refractivity contribution in [3.05, 3.63) is 71.3 Å². The van der Waals surface area contributed by atoms with Gasteiger partial charge >= 0.3 is 11.9 Å². The molecule has 48 heavy (non-hydrogen) atoms. The summed E-state index contributed by atoms with van der Waals surface area (Å²) in [6.45, 7) is 10.5. The number of carboxylic acid groups (broad SMARTS) is 2. The maximum Gasteiger partial charge on any atom is 0.335 e. The molecule has 0 bridgehead atoms. The molecule has 2 aromatic carbocycles. The first-order chi connectivity index (χ1) is 22.6. The van der Waals surface area contributed by atoms with Crippen molar-refractivity contribution in [2.45, 2.75) is 96.8 Å². The highest BCUT2D eigenvalue weighted by Crippen LogP contribution is 2.73. The van der Waals surface area contributed by atoms with Gasteiger partial charge in [-0.05, 0) is 157 Å². The summed E-state index contributed by atoms with van der Waals surface area (Å²) in [4.78, 5) is 22.9. The van der Waals surface area contributed by atoms with Crippen molar-refractivity contribution in [2.24, 2.45) is 51.2 Å². The van der Waals surface area contributed by atoms with Crippen molar-refractivity contribution in [1.82, 2.24) is 4.72 Å². The summed E-state index contributed by atoms with van der Waals surface area (Å²) in [5.74, 6) is 1.03. The van der Waals surface area contributed by atoms with Gasteiger partial charge in [-0.25, -0.2) is 22.7 Å². The minimum Gasteiger partial charge on any atom is -0.478 e. The van der Waals surface area contributed by atoms with E-state index in [-0.39, 0.29) is 32.1 Å². The molecular formula is C40H51NO6S. The Morgan fingerprint density at radius 3 is 2.04 bits per heavy atom. The van der Waals surface area contributed by atoms with Crippen LogP contribution in [0.15, 0.2) is 59.5 Å². The number of hydrogen-bond acceptors (Lipinski definition) is 4. The van der Waals surface area contributed by atoms with Crippen LogP contribution in [0.2, 0.25) is 0 Å². The van der Waals surface area contributed by atoms with Crippen LogP contribution in [0.3, 0.4) is 0 Å². The fraction of sp³-hybridized carbons (Fsp3) is 0.600. The van der Waals surface area contributed by atoms with Crippen molar-refractivity contribution in [3.63, 3.8) is 0 Å². The number of rotatable bonds is 7. The predicted molar refractivity (Wildman–Crippen MR) is 186 cm³/mol. The molecule has 2 aromatic rings. The molecular weight excluding hydrogens is 623 g/mol. The largest absolute Gasteiger partial charge is 0.478 e. The van der Waals surface area contributed by atoms with Crippen LogP contribution in [-0.2, 0) is 10.0 Å². The number of nitrogens with one attached hydrogen (secondary N) is 1. The van der Waals surface area contributed by atoms with E-state index in [1.54, 1.807) is 12.1 Å². The normalized spacial score (nSPS) is 36.9. The zero-order chi connectivity index (χ0) is 34.3. The zero-order valence-corrected chi connectivity index (χ0v) is 29.6. The third kappa shape index (κ3) is 5.10. The van der Waals surface area contributed by atoms with E-state index in [1.807, 2.05) is 12.1 Å². The van der Waals surface area contributed by atoms with Gasteiger partial charge in [-0.3, -0.25) is 0 Å². The first-order valence-electron chi connectivity index (χ1n) is 18.0. The molecule has 8 heteroatoms. The Kier molecular flexibility index (Phi) is 8.06. The van der Waals surface area contributed by atoms with Crippen molar-refractivity contribution in [2.75, 3.05) is 6.54 Å². The molecule has 4 saturated carbocycles. The molecule has 3 N–H and O–H groups in total. The zero-order valence-electron chi connectivity index (χ0n) is 28.8. The number of fused-ring (bicyclic) bond motifs is 7. The van der Waals surface area contributed by atoms with Gasteiger partial charge < -0.3 is 10.2 Å². The lowest BCUT2D eigenvalue weighted by Crippen LogP contribution is -2.61. The number of sulfonamides is 1. The third-order valence-corrected chi connectivity index (χ3v) is 16.2. The molecule has 0 radical (unpaired) electrons. The van der Waals surface area contributed by atoms with E-state index >= 15 is 0 Å². The second-order valence-corrected chi connectivity index (χ2v) is 18.8. The van der Waals surface area contributed by atoms with Gasteiger partial charge in [-0.1, -0.05) is 52.3 Å². The smallest absolute Gasteiger partial charge is 0.335 e. The Hall–Kier alpha value is -2.97. The van der Waals surface area contributed by atoms with Crippen molar-refractivity contribution >= 4 is 27.5 Å². The van der Waals surface area contributed by atoms with Crippen molar-refractivity contribution in [1.29, 1.82) is 0 Å². The Bertz CT molecular complexity index is 1750. The van der Waals surface area contributed by atoms with Crippen molar-refractivity contribution in [3.8, 4) is 0 Å². The third-order valence-electron chi connectivity index (χ3n) is 14.7. The van der Waals surface area contributed by atoms with Gasteiger partial charge in [0.15, 0.2) is 0 Å². The maximum absolute atomic E-state index is 13.4. The minimum absolute atomic E-state index is 0.0137. The van der Waals surface area contributed by atoms with Gasteiger partial charge in [0.05, 0.1) is 16.0 Å². The molecule has 258 valence electrons. The van der Waals surface area contributed by atoms with Crippen LogP contribution in [0, 0.1) is 51.2 Å². The molecule has 7 unspecified atom stereocenters. The average Bonchev–Trinajstić information content (AvgIpc) is 3.48. The summed E-state index contributed by atoms with van der Waals surface area (Å²) in [6.07, 6.45) is 14.0. The number of aromatic carboxylic acids is 2. The molecule has 0 saturated heterocycles. The number of carbonyl (C=O) groups is 2. The maximum atomic E-state index is 13.4. The highest BCUT2D eigenvalue weighted by Gasteiger charge is 2.65. The van der Waals surface area contributed by atoms with Gasteiger partial charge in [-0.15, -0.1) is 0 Å². The number of allylic oxidation sites excluding steroid dienone is 2. The van der Waals surface area contributed by atoms with E-state index in [0.29, 0.717) is 41.7 Å². The molecule has 0 spiro atoms. The first-order valence-corrected chi connectivity index (χ1v) is 19.5. The van der Waals surface area contributed by atoms with Gasteiger partial charge in [0.25, 0.3) is 0 Å². The number of carboxylic acids is 2. The first kappa shape index (κ1) is 33.5. The highest BCUT2D eigenvalue weighted by molar-refractivity contribution is 7.89. The second kappa shape index (κ2) is 11.5.